The molecular formula is C20H25N3O2. The maximum atomic E-state index is 11.9. The monoisotopic (exact) mass is 339 g/mol. The molecule has 2 amide bonds. The number of hydrogen-bond donors (Lipinski definition) is 3. The number of unbranched alkanes of at least 4 members (excludes halogenated alkanes) is 3. The second-order valence-corrected chi connectivity index (χ2v) is 5.96. The highest BCUT2D eigenvalue weighted by Crippen LogP contribution is 2.17. The summed E-state index contributed by atoms with van der Waals surface area (Å²) >= 11 is 0. The van der Waals surface area contributed by atoms with Crippen molar-refractivity contribution in [2.45, 2.75) is 38.5 Å². The normalized spacial score (nSPS) is 10.2. The van der Waals surface area contributed by atoms with E-state index in [0.29, 0.717) is 24.2 Å². The number of para-hydroxylation sites is 3. The summed E-state index contributed by atoms with van der Waals surface area (Å²) in [7, 11) is 0. The smallest absolute Gasteiger partial charge is 0.224 e. The van der Waals surface area contributed by atoms with Crippen LogP contribution in [0.1, 0.15) is 38.5 Å². The average molecular weight is 339 g/mol. The fourth-order valence-electron chi connectivity index (χ4n) is 2.49. The third kappa shape index (κ3) is 7.08. The largest absolute Gasteiger partial charge is 0.397 e. The molecule has 0 fully saturated rings. The molecule has 0 aliphatic carbocycles. The summed E-state index contributed by atoms with van der Waals surface area (Å²) in [5.41, 5.74) is 7.84. The Labute approximate surface area is 148 Å². The predicted molar refractivity (Wildman–Crippen MR) is 102 cm³/mol. The standard InChI is InChI=1S/C20H25N3O2/c21-17-12-8-9-13-18(17)23-20(25)15-7-2-1-6-14-19(24)22-16-10-4-3-5-11-16/h3-5,8-13H,1-2,6-7,14-15,21H2,(H,22,24)(H,23,25). The zero-order valence-corrected chi connectivity index (χ0v) is 14.3. The Morgan fingerprint density at radius 1 is 0.720 bits per heavy atom. The second kappa shape index (κ2) is 10.1. The Kier molecular flexibility index (Phi) is 7.50. The van der Waals surface area contributed by atoms with Crippen LogP contribution in [-0.2, 0) is 9.59 Å². The van der Waals surface area contributed by atoms with Gasteiger partial charge in [-0.05, 0) is 37.1 Å². The minimum Gasteiger partial charge on any atom is -0.397 e. The third-order valence-electron chi connectivity index (χ3n) is 3.85. The van der Waals surface area contributed by atoms with Crippen molar-refractivity contribution in [3.63, 3.8) is 0 Å². The molecule has 5 heteroatoms. The van der Waals surface area contributed by atoms with Gasteiger partial charge in [-0.3, -0.25) is 9.59 Å². The molecule has 0 radical (unpaired) electrons. The fraction of sp³-hybridized carbons (Fsp3) is 0.300. The van der Waals surface area contributed by atoms with Gasteiger partial charge in [-0.1, -0.05) is 43.2 Å². The second-order valence-electron chi connectivity index (χ2n) is 5.96. The lowest BCUT2D eigenvalue weighted by Gasteiger charge is -2.08. The molecule has 0 heterocycles. The molecule has 132 valence electrons. The molecule has 0 spiro atoms. The first-order chi connectivity index (χ1) is 12.1. The Balaban J connectivity index is 1.54. The molecule has 2 aromatic rings. The zero-order valence-electron chi connectivity index (χ0n) is 14.3. The molecule has 0 aromatic heterocycles. The topological polar surface area (TPSA) is 84.2 Å². The number of hydrogen-bond acceptors (Lipinski definition) is 3. The highest BCUT2D eigenvalue weighted by atomic mass is 16.2. The summed E-state index contributed by atoms with van der Waals surface area (Å²) < 4.78 is 0. The van der Waals surface area contributed by atoms with E-state index >= 15 is 0 Å². The Hall–Kier alpha value is -2.82. The number of amides is 2. The van der Waals surface area contributed by atoms with Crippen molar-refractivity contribution in [2.75, 3.05) is 16.4 Å². The molecule has 2 rings (SSSR count). The summed E-state index contributed by atoms with van der Waals surface area (Å²) in [5.74, 6) is 0.00298. The molecule has 0 unspecified atom stereocenters. The van der Waals surface area contributed by atoms with Gasteiger partial charge in [-0.2, -0.15) is 0 Å². The molecule has 0 aliphatic rings. The van der Waals surface area contributed by atoms with Gasteiger partial charge in [0.25, 0.3) is 0 Å². The van der Waals surface area contributed by atoms with Gasteiger partial charge in [0.1, 0.15) is 0 Å². The van der Waals surface area contributed by atoms with Gasteiger partial charge in [0.05, 0.1) is 11.4 Å². The summed E-state index contributed by atoms with van der Waals surface area (Å²) in [5, 5.41) is 5.69. The van der Waals surface area contributed by atoms with Crippen LogP contribution in [0.15, 0.2) is 54.6 Å². The lowest BCUT2D eigenvalue weighted by molar-refractivity contribution is -0.117. The molecule has 0 atom stereocenters. The Morgan fingerprint density at radius 2 is 1.28 bits per heavy atom. The predicted octanol–water partition coefficient (Wildman–Crippen LogP) is 4.19. The molecule has 5 nitrogen and oxygen atoms in total. The first-order valence-electron chi connectivity index (χ1n) is 8.64. The van der Waals surface area contributed by atoms with Crippen LogP contribution in [-0.4, -0.2) is 11.8 Å². The van der Waals surface area contributed by atoms with Crippen molar-refractivity contribution in [3.05, 3.63) is 54.6 Å². The van der Waals surface area contributed by atoms with Crippen molar-refractivity contribution in [3.8, 4) is 0 Å². The van der Waals surface area contributed by atoms with E-state index in [4.69, 9.17) is 5.73 Å². The fourth-order valence-corrected chi connectivity index (χ4v) is 2.49. The van der Waals surface area contributed by atoms with Crippen LogP contribution in [0.5, 0.6) is 0 Å². The molecule has 0 saturated heterocycles. The molecule has 0 aliphatic heterocycles. The van der Waals surface area contributed by atoms with E-state index in [-0.39, 0.29) is 11.8 Å². The van der Waals surface area contributed by atoms with E-state index in [1.807, 2.05) is 42.5 Å². The first-order valence-corrected chi connectivity index (χ1v) is 8.64. The van der Waals surface area contributed by atoms with Crippen molar-refractivity contribution in [2.24, 2.45) is 0 Å². The molecule has 4 N–H and O–H groups in total. The van der Waals surface area contributed by atoms with E-state index in [1.54, 1.807) is 12.1 Å². The Morgan fingerprint density at radius 3 is 1.92 bits per heavy atom. The highest BCUT2D eigenvalue weighted by Gasteiger charge is 2.05. The number of carbonyl (C=O) groups excluding carboxylic acids is 2. The van der Waals surface area contributed by atoms with Gasteiger partial charge in [0.2, 0.25) is 11.8 Å². The number of nitrogens with two attached hydrogens (primary N) is 1. The maximum absolute atomic E-state index is 11.9. The van der Waals surface area contributed by atoms with Crippen LogP contribution in [0.3, 0.4) is 0 Å². The molecule has 0 saturated carbocycles. The van der Waals surface area contributed by atoms with Crippen molar-refractivity contribution < 1.29 is 9.59 Å². The van der Waals surface area contributed by atoms with E-state index in [9.17, 15) is 9.59 Å². The van der Waals surface area contributed by atoms with Crippen LogP contribution in [0.4, 0.5) is 17.1 Å². The lowest BCUT2D eigenvalue weighted by Crippen LogP contribution is -2.12. The molecule has 0 bridgehead atoms. The molecule has 2 aromatic carbocycles. The van der Waals surface area contributed by atoms with Crippen LogP contribution in [0.25, 0.3) is 0 Å². The minimum absolute atomic E-state index is 0.0280. The van der Waals surface area contributed by atoms with Crippen LogP contribution < -0.4 is 16.4 Å². The number of nitrogens with one attached hydrogen (secondary N) is 2. The van der Waals surface area contributed by atoms with Gasteiger partial charge in [0, 0.05) is 18.5 Å². The summed E-state index contributed by atoms with van der Waals surface area (Å²) in [4.78, 5) is 23.7. The third-order valence-corrected chi connectivity index (χ3v) is 3.85. The van der Waals surface area contributed by atoms with Gasteiger partial charge < -0.3 is 16.4 Å². The number of anilines is 3. The highest BCUT2D eigenvalue weighted by molar-refractivity contribution is 5.93. The maximum Gasteiger partial charge on any atom is 0.224 e. The SMILES string of the molecule is Nc1ccccc1NC(=O)CCCCCCC(=O)Nc1ccccc1. The zero-order chi connectivity index (χ0) is 17.9. The lowest BCUT2D eigenvalue weighted by atomic mass is 10.1. The average Bonchev–Trinajstić information content (AvgIpc) is 2.61. The van der Waals surface area contributed by atoms with Gasteiger partial charge in [-0.25, -0.2) is 0 Å². The van der Waals surface area contributed by atoms with Crippen molar-refractivity contribution in [1.82, 2.24) is 0 Å². The molecular weight excluding hydrogens is 314 g/mol. The summed E-state index contributed by atoms with van der Waals surface area (Å²) in [6, 6.07) is 16.7. The van der Waals surface area contributed by atoms with Crippen molar-refractivity contribution >= 4 is 28.9 Å². The number of benzene rings is 2. The summed E-state index contributed by atoms with van der Waals surface area (Å²) in [6.07, 6.45) is 4.45. The van der Waals surface area contributed by atoms with Crippen LogP contribution in [0, 0.1) is 0 Å². The van der Waals surface area contributed by atoms with Crippen LogP contribution >= 0.6 is 0 Å². The van der Waals surface area contributed by atoms with Gasteiger partial charge in [0.15, 0.2) is 0 Å². The van der Waals surface area contributed by atoms with Gasteiger partial charge in [-0.15, -0.1) is 0 Å². The van der Waals surface area contributed by atoms with E-state index < -0.39 is 0 Å². The number of rotatable bonds is 9. The number of nitrogen functional groups attached to an aromatic ring is 1. The minimum atomic E-state index is -0.0280. The van der Waals surface area contributed by atoms with Crippen molar-refractivity contribution in [1.29, 1.82) is 0 Å². The van der Waals surface area contributed by atoms with Crippen LogP contribution in [0.2, 0.25) is 0 Å². The first kappa shape index (κ1) is 18.5. The quantitative estimate of drug-likeness (QED) is 0.473. The Bertz CT molecular complexity index is 686. The van der Waals surface area contributed by atoms with E-state index in [1.165, 1.54) is 0 Å². The summed E-state index contributed by atoms with van der Waals surface area (Å²) in [6.45, 7) is 0. The molecule has 25 heavy (non-hydrogen) atoms. The van der Waals surface area contributed by atoms with Gasteiger partial charge >= 0.3 is 0 Å². The van der Waals surface area contributed by atoms with E-state index in [0.717, 1.165) is 31.4 Å². The number of carbonyl (C=O) groups is 2. The van der Waals surface area contributed by atoms with E-state index in [2.05, 4.69) is 10.6 Å².